The van der Waals surface area contributed by atoms with Gasteiger partial charge in [-0.15, -0.1) is 0 Å². The summed E-state index contributed by atoms with van der Waals surface area (Å²) in [6.07, 6.45) is -2.75. The van der Waals surface area contributed by atoms with Crippen molar-refractivity contribution in [2.75, 3.05) is 7.05 Å². The maximum absolute atomic E-state index is 13.4. The van der Waals surface area contributed by atoms with Crippen molar-refractivity contribution in [3.05, 3.63) is 81.9 Å². The molecule has 0 saturated carbocycles. The van der Waals surface area contributed by atoms with Gasteiger partial charge in [0.1, 0.15) is 5.82 Å². The van der Waals surface area contributed by atoms with Gasteiger partial charge < -0.3 is 5.32 Å². The third kappa shape index (κ3) is 3.21. The highest BCUT2D eigenvalue weighted by molar-refractivity contribution is 6.35. The van der Waals surface area contributed by atoms with Crippen LogP contribution < -0.4 is 5.32 Å². The minimum atomic E-state index is -4.46. The fourth-order valence-electron chi connectivity index (χ4n) is 3.36. The zero-order valence-electron chi connectivity index (χ0n) is 14.9. The van der Waals surface area contributed by atoms with E-state index < -0.39 is 11.7 Å². The predicted molar refractivity (Wildman–Crippen MR) is 102 cm³/mol. The van der Waals surface area contributed by atoms with Gasteiger partial charge in [-0.25, -0.2) is 4.98 Å². The molecule has 8 heteroatoms. The summed E-state index contributed by atoms with van der Waals surface area (Å²) in [5, 5.41) is 3.49. The maximum atomic E-state index is 13.4. The molecule has 4 rings (SSSR count). The van der Waals surface area contributed by atoms with Crippen LogP contribution in [0.25, 0.3) is 5.69 Å². The number of imidazole rings is 1. The van der Waals surface area contributed by atoms with Gasteiger partial charge in [0.05, 0.1) is 35.4 Å². The van der Waals surface area contributed by atoms with E-state index >= 15 is 0 Å². The highest BCUT2D eigenvalue weighted by Gasteiger charge is 2.33. The molecule has 0 unspecified atom stereocenters. The van der Waals surface area contributed by atoms with Gasteiger partial charge in [0, 0.05) is 22.7 Å². The molecule has 144 valence electrons. The standard InChI is InChI=1S/C20H16ClF3N4/c1-25-9-13-10-26-18-11-27-19(14-4-2-3-5-16(14)21)15-8-12(20(22,23)24)6-7-17(15)28(13)18/h2-8,10,25H,9,11H2,1H3. The van der Waals surface area contributed by atoms with Crippen LogP contribution in [0.4, 0.5) is 13.2 Å². The van der Waals surface area contributed by atoms with Crippen LogP contribution in [0, 0.1) is 0 Å². The lowest BCUT2D eigenvalue weighted by Gasteiger charge is -2.17. The van der Waals surface area contributed by atoms with Gasteiger partial charge in [0.25, 0.3) is 0 Å². The van der Waals surface area contributed by atoms with Crippen molar-refractivity contribution >= 4 is 17.3 Å². The van der Waals surface area contributed by atoms with Crippen molar-refractivity contribution in [3.63, 3.8) is 0 Å². The molecule has 0 radical (unpaired) electrons. The summed E-state index contributed by atoms with van der Waals surface area (Å²) in [6, 6.07) is 10.7. The monoisotopic (exact) mass is 404 g/mol. The summed E-state index contributed by atoms with van der Waals surface area (Å²) >= 11 is 6.34. The Balaban J connectivity index is 2.00. The van der Waals surface area contributed by atoms with Crippen LogP contribution in [0.3, 0.4) is 0 Å². The molecule has 0 fully saturated rings. The van der Waals surface area contributed by atoms with Crippen molar-refractivity contribution in [1.82, 2.24) is 14.9 Å². The average molecular weight is 405 g/mol. The number of aliphatic imine (C=N–C) groups is 1. The minimum absolute atomic E-state index is 0.236. The second kappa shape index (κ2) is 7.07. The summed E-state index contributed by atoms with van der Waals surface area (Å²) in [7, 11) is 1.80. The molecule has 1 aliphatic heterocycles. The fraction of sp³-hybridized carbons (Fsp3) is 0.200. The third-order valence-electron chi connectivity index (χ3n) is 4.59. The molecule has 4 nitrogen and oxygen atoms in total. The van der Waals surface area contributed by atoms with Crippen LogP contribution in [0.1, 0.15) is 28.2 Å². The number of aromatic nitrogens is 2. The molecule has 2 heterocycles. The van der Waals surface area contributed by atoms with Crippen molar-refractivity contribution in [2.45, 2.75) is 19.3 Å². The van der Waals surface area contributed by atoms with Crippen molar-refractivity contribution < 1.29 is 13.2 Å². The quantitative estimate of drug-likeness (QED) is 0.692. The van der Waals surface area contributed by atoms with E-state index in [1.54, 1.807) is 37.5 Å². The first-order valence-corrected chi connectivity index (χ1v) is 8.99. The topological polar surface area (TPSA) is 42.2 Å². The predicted octanol–water partition coefficient (Wildman–Crippen LogP) is 4.61. The van der Waals surface area contributed by atoms with Gasteiger partial charge in [0.15, 0.2) is 0 Å². The van der Waals surface area contributed by atoms with Gasteiger partial charge in [-0.1, -0.05) is 29.8 Å². The molecular weight excluding hydrogens is 389 g/mol. The first-order valence-electron chi connectivity index (χ1n) is 8.61. The van der Waals surface area contributed by atoms with Crippen molar-refractivity contribution in [3.8, 4) is 5.69 Å². The smallest absolute Gasteiger partial charge is 0.314 e. The lowest BCUT2D eigenvalue weighted by molar-refractivity contribution is -0.137. The molecule has 0 aliphatic carbocycles. The van der Waals surface area contributed by atoms with E-state index in [4.69, 9.17) is 11.6 Å². The molecule has 28 heavy (non-hydrogen) atoms. The van der Waals surface area contributed by atoms with E-state index in [9.17, 15) is 13.2 Å². The molecule has 0 saturated heterocycles. The molecule has 1 aliphatic rings. The SMILES string of the molecule is CNCc1cnc2n1-c1ccc(C(F)(F)F)cc1C(c1ccccc1Cl)=NC2. The van der Waals surface area contributed by atoms with Crippen molar-refractivity contribution in [2.24, 2.45) is 4.99 Å². The Bertz CT molecular complexity index is 1070. The molecule has 1 aromatic heterocycles. The van der Waals surface area contributed by atoms with Crippen LogP contribution in [-0.2, 0) is 19.3 Å². The number of benzene rings is 2. The molecular formula is C20H16ClF3N4. The number of nitrogens with one attached hydrogen (secondary N) is 1. The molecule has 0 amide bonds. The Morgan fingerprint density at radius 1 is 1.14 bits per heavy atom. The van der Waals surface area contributed by atoms with E-state index in [0.717, 1.165) is 17.8 Å². The van der Waals surface area contributed by atoms with Gasteiger partial charge in [-0.2, -0.15) is 13.2 Å². The number of halogens is 4. The fourth-order valence-corrected chi connectivity index (χ4v) is 3.58. The summed E-state index contributed by atoms with van der Waals surface area (Å²) in [5.74, 6) is 0.660. The summed E-state index contributed by atoms with van der Waals surface area (Å²) in [5.41, 5.74) is 2.09. The molecule has 2 aromatic carbocycles. The first kappa shape index (κ1) is 18.7. The Morgan fingerprint density at radius 3 is 2.64 bits per heavy atom. The van der Waals surface area contributed by atoms with Crippen LogP contribution in [0.5, 0.6) is 0 Å². The number of rotatable bonds is 3. The lowest BCUT2D eigenvalue weighted by atomic mass is 9.98. The van der Waals surface area contributed by atoms with Gasteiger partial charge in [-0.05, 0) is 31.3 Å². The van der Waals surface area contributed by atoms with Crippen molar-refractivity contribution in [1.29, 1.82) is 0 Å². The molecule has 0 atom stereocenters. The van der Waals surface area contributed by atoms with Gasteiger partial charge in [0.2, 0.25) is 0 Å². The lowest BCUT2D eigenvalue weighted by Crippen LogP contribution is -2.15. The number of nitrogens with zero attached hydrogens (tertiary/aromatic N) is 3. The molecule has 3 aromatic rings. The van der Waals surface area contributed by atoms with E-state index in [1.807, 2.05) is 4.57 Å². The minimum Gasteiger partial charge on any atom is -0.314 e. The number of alkyl halides is 3. The largest absolute Gasteiger partial charge is 0.416 e. The van der Waals surface area contributed by atoms with E-state index in [2.05, 4.69) is 15.3 Å². The molecule has 0 bridgehead atoms. The maximum Gasteiger partial charge on any atom is 0.416 e. The first-order chi connectivity index (χ1) is 13.4. The zero-order valence-corrected chi connectivity index (χ0v) is 15.6. The van der Waals surface area contributed by atoms with E-state index in [-0.39, 0.29) is 6.54 Å². The van der Waals surface area contributed by atoms with Gasteiger partial charge >= 0.3 is 6.18 Å². The number of fused-ring (bicyclic) bond motifs is 3. The summed E-state index contributed by atoms with van der Waals surface area (Å²) in [6.45, 7) is 0.759. The van der Waals surface area contributed by atoms with Crippen LogP contribution in [-0.4, -0.2) is 22.3 Å². The van der Waals surface area contributed by atoms with Crippen LogP contribution in [0.2, 0.25) is 5.02 Å². The average Bonchev–Trinajstić information content (AvgIpc) is 2.97. The Kier molecular flexibility index (Phi) is 4.72. The molecule has 1 N–H and O–H groups in total. The zero-order chi connectivity index (χ0) is 19.9. The van der Waals surface area contributed by atoms with Gasteiger partial charge in [-0.3, -0.25) is 9.56 Å². The summed E-state index contributed by atoms with van der Waals surface area (Å²) < 4.78 is 42.1. The third-order valence-corrected chi connectivity index (χ3v) is 4.92. The highest BCUT2D eigenvalue weighted by Crippen LogP contribution is 2.35. The second-order valence-corrected chi connectivity index (χ2v) is 6.81. The Labute approximate surface area is 164 Å². The summed E-state index contributed by atoms with van der Waals surface area (Å²) in [4.78, 5) is 9.01. The van der Waals surface area contributed by atoms with Crippen LogP contribution in [0.15, 0.2) is 53.7 Å². The Hall–Kier alpha value is -2.64. The van der Waals surface area contributed by atoms with Crippen LogP contribution >= 0.6 is 11.6 Å². The number of hydrogen-bond donors (Lipinski definition) is 1. The normalized spacial score (nSPS) is 13.5. The highest BCUT2D eigenvalue weighted by atomic mass is 35.5. The van der Waals surface area contributed by atoms with E-state index in [0.29, 0.717) is 39.9 Å². The Morgan fingerprint density at radius 2 is 1.93 bits per heavy atom. The van der Waals surface area contributed by atoms with E-state index in [1.165, 1.54) is 6.07 Å². The molecule has 0 spiro atoms. The second-order valence-electron chi connectivity index (χ2n) is 6.41. The number of hydrogen-bond acceptors (Lipinski definition) is 3.